The molecule has 0 bridgehead atoms. The molecule has 0 radical (unpaired) electrons. The zero-order valence-corrected chi connectivity index (χ0v) is 18.3. The number of hydrogen-bond acceptors (Lipinski definition) is 5. The average molecular weight is 444 g/mol. The van der Waals surface area contributed by atoms with E-state index in [9.17, 15) is 14.4 Å². The van der Waals surface area contributed by atoms with E-state index in [1.54, 1.807) is 43.5 Å². The molecule has 0 aromatic heterocycles. The standard InChI is InChI=1S/C26H24N2O5/c1-18(29)33-23-8-5-7-21(16-23)26(31)27-17-19-10-13-22(14-11-19)28-25(30)15-12-20-6-3-4-9-24(20)32-2/h3-16H,17H2,1-2H3,(H,27,31)(H,28,30)/b15-12+. The van der Waals surface area contributed by atoms with Crippen LogP contribution in [-0.2, 0) is 16.1 Å². The maximum absolute atomic E-state index is 12.4. The first-order valence-electron chi connectivity index (χ1n) is 10.2. The summed E-state index contributed by atoms with van der Waals surface area (Å²) in [5.41, 5.74) is 2.69. The molecule has 2 N–H and O–H groups in total. The predicted molar refractivity (Wildman–Crippen MR) is 126 cm³/mol. The van der Waals surface area contributed by atoms with Gasteiger partial charge in [0.25, 0.3) is 5.91 Å². The summed E-state index contributed by atoms with van der Waals surface area (Å²) in [4.78, 5) is 35.7. The van der Waals surface area contributed by atoms with Gasteiger partial charge in [-0.15, -0.1) is 0 Å². The third-order valence-electron chi connectivity index (χ3n) is 4.59. The molecule has 0 fully saturated rings. The highest BCUT2D eigenvalue weighted by atomic mass is 16.5. The van der Waals surface area contributed by atoms with Crippen molar-refractivity contribution in [1.29, 1.82) is 0 Å². The fourth-order valence-corrected chi connectivity index (χ4v) is 3.01. The molecule has 0 aliphatic carbocycles. The van der Waals surface area contributed by atoms with Gasteiger partial charge < -0.3 is 20.1 Å². The molecule has 3 rings (SSSR count). The summed E-state index contributed by atoms with van der Waals surface area (Å²) < 4.78 is 10.3. The number of amides is 2. The molecule has 7 heteroatoms. The molecule has 2 amide bonds. The van der Waals surface area contributed by atoms with Crippen molar-refractivity contribution >= 4 is 29.5 Å². The van der Waals surface area contributed by atoms with E-state index in [0.29, 0.717) is 29.3 Å². The van der Waals surface area contributed by atoms with Gasteiger partial charge in [0.05, 0.1) is 7.11 Å². The van der Waals surface area contributed by atoms with Crippen LogP contribution in [-0.4, -0.2) is 24.9 Å². The molecule has 3 aromatic carbocycles. The molecule has 0 saturated carbocycles. The van der Waals surface area contributed by atoms with Crippen LogP contribution in [0.2, 0.25) is 0 Å². The molecule has 3 aromatic rings. The molecule has 0 aliphatic rings. The molecular formula is C26H24N2O5. The number of para-hydroxylation sites is 1. The Morgan fingerprint density at radius 2 is 1.70 bits per heavy atom. The van der Waals surface area contributed by atoms with Crippen LogP contribution in [0.1, 0.15) is 28.4 Å². The molecule has 0 aliphatic heterocycles. The summed E-state index contributed by atoms with van der Waals surface area (Å²) in [5, 5.41) is 5.61. The van der Waals surface area contributed by atoms with Crippen LogP contribution >= 0.6 is 0 Å². The van der Waals surface area contributed by atoms with Crippen LogP contribution in [0.4, 0.5) is 5.69 Å². The zero-order chi connectivity index (χ0) is 23.6. The Balaban J connectivity index is 1.53. The van der Waals surface area contributed by atoms with E-state index in [1.807, 2.05) is 36.4 Å². The lowest BCUT2D eigenvalue weighted by Crippen LogP contribution is -2.22. The fourth-order valence-electron chi connectivity index (χ4n) is 3.01. The number of nitrogens with one attached hydrogen (secondary N) is 2. The smallest absolute Gasteiger partial charge is 0.308 e. The highest BCUT2D eigenvalue weighted by Gasteiger charge is 2.08. The first-order valence-corrected chi connectivity index (χ1v) is 10.2. The van der Waals surface area contributed by atoms with Gasteiger partial charge in [-0.2, -0.15) is 0 Å². The topological polar surface area (TPSA) is 93.7 Å². The number of hydrogen-bond donors (Lipinski definition) is 2. The van der Waals surface area contributed by atoms with Gasteiger partial charge in [0.1, 0.15) is 11.5 Å². The number of esters is 1. The van der Waals surface area contributed by atoms with Crippen LogP contribution in [0.3, 0.4) is 0 Å². The third-order valence-corrected chi connectivity index (χ3v) is 4.59. The second-order valence-electron chi connectivity index (χ2n) is 7.07. The number of ether oxygens (including phenoxy) is 2. The number of carbonyl (C=O) groups is 3. The second kappa shape index (κ2) is 11.3. The molecule has 0 heterocycles. The lowest BCUT2D eigenvalue weighted by molar-refractivity contribution is -0.131. The third kappa shape index (κ3) is 7.07. The summed E-state index contributed by atoms with van der Waals surface area (Å²) in [6.45, 7) is 1.61. The molecule has 0 unspecified atom stereocenters. The van der Waals surface area contributed by atoms with Gasteiger partial charge in [-0.3, -0.25) is 14.4 Å². The van der Waals surface area contributed by atoms with Crippen LogP contribution in [0.15, 0.2) is 78.9 Å². The van der Waals surface area contributed by atoms with Crippen molar-refractivity contribution in [2.75, 3.05) is 12.4 Å². The largest absolute Gasteiger partial charge is 0.496 e. The molecule has 0 atom stereocenters. The number of benzene rings is 3. The van der Waals surface area contributed by atoms with Gasteiger partial charge >= 0.3 is 5.97 Å². The van der Waals surface area contributed by atoms with E-state index in [4.69, 9.17) is 9.47 Å². The maximum Gasteiger partial charge on any atom is 0.308 e. The van der Waals surface area contributed by atoms with Crippen LogP contribution < -0.4 is 20.1 Å². The first kappa shape index (κ1) is 23.3. The van der Waals surface area contributed by atoms with Gasteiger partial charge in [-0.05, 0) is 48.0 Å². The van der Waals surface area contributed by atoms with E-state index in [0.717, 1.165) is 11.1 Å². The SMILES string of the molecule is COc1ccccc1/C=C/C(=O)Nc1ccc(CNC(=O)c2cccc(OC(C)=O)c2)cc1. The average Bonchev–Trinajstić information content (AvgIpc) is 2.82. The number of rotatable bonds is 8. The zero-order valence-electron chi connectivity index (χ0n) is 18.3. The van der Waals surface area contributed by atoms with Gasteiger partial charge in [-0.1, -0.05) is 36.4 Å². The molecule has 0 spiro atoms. The van der Waals surface area contributed by atoms with E-state index in [2.05, 4.69) is 10.6 Å². The monoisotopic (exact) mass is 444 g/mol. The van der Waals surface area contributed by atoms with Crippen LogP contribution in [0, 0.1) is 0 Å². The van der Waals surface area contributed by atoms with Gasteiger partial charge in [0.15, 0.2) is 0 Å². The molecule has 168 valence electrons. The number of carbonyl (C=O) groups excluding carboxylic acids is 3. The van der Waals surface area contributed by atoms with E-state index < -0.39 is 5.97 Å². The summed E-state index contributed by atoms with van der Waals surface area (Å²) in [6.07, 6.45) is 3.13. The number of methoxy groups -OCH3 is 1. The first-order chi connectivity index (χ1) is 15.9. The lowest BCUT2D eigenvalue weighted by atomic mass is 10.1. The van der Waals surface area contributed by atoms with Crippen LogP contribution in [0.5, 0.6) is 11.5 Å². The lowest BCUT2D eigenvalue weighted by Gasteiger charge is -2.08. The molecule has 33 heavy (non-hydrogen) atoms. The summed E-state index contributed by atoms with van der Waals surface area (Å²) in [5.74, 6) is -0.00596. The van der Waals surface area contributed by atoms with Crippen LogP contribution in [0.25, 0.3) is 6.08 Å². The van der Waals surface area contributed by atoms with Crippen molar-refractivity contribution < 1.29 is 23.9 Å². The van der Waals surface area contributed by atoms with Gasteiger partial charge in [0.2, 0.25) is 5.91 Å². The van der Waals surface area contributed by atoms with E-state index >= 15 is 0 Å². The Morgan fingerprint density at radius 1 is 0.939 bits per heavy atom. The summed E-state index contributed by atoms with van der Waals surface area (Å²) in [7, 11) is 1.58. The minimum Gasteiger partial charge on any atom is -0.496 e. The molecule has 7 nitrogen and oxygen atoms in total. The Kier molecular flexibility index (Phi) is 7.96. The summed E-state index contributed by atoms with van der Waals surface area (Å²) in [6, 6.07) is 21.0. The molecule has 0 saturated heterocycles. The van der Waals surface area contributed by atoms with E-state index in [-0.39, 0.29) is 11.8 Å². The van der Waals surface area contributed by atoms with Crippen molar-refractivity contribution in [2.45, 2.75) is 13.5 Å². The Bertz CT molecular complexity index is 1170. The number of anilines is 1. The fraction of sp³-hybridized carbons (Fsp3) is 0.115. The Morgan fingerprint density at radius 3 is 2.42 bits per heavy atom. The summed E-state index contributed by atoms with van der Waals surface area (Å²) >= 11 is 0. The maximum atomic E-state index is 12.4. The Labute approximate surface area is 192 Å². The minimum atomic E-state index is -0.449. The second-order valence-corrected chi connectivity index (χ2v) is 7.07. The van der Waals surface area contributed by atoms with Gasteiger partial charge in [-0.25, -0.2) is 0 Å². The highest BCUT2D eigenvalue weighted by Crippen LogP contribution is 2.19. The van der Waals surface area contributed by atoms with Crippen molar-refractivity contribution in [1.82, 2.24) is 5.32 Å². The predicted octanol–water partition coefficient (Wildman–Crippen LogP) is 4.20. The normalized spacial score (nSPS) is 10.5. The Hall–Kier alpha value is -4.39. The minimum absolute atomic E-state index is 0.269. The van der Waals surface area contributed by atoms with Crippen molar-refractivity contribution in [3.05, 3.63) is 95.6 Å². The quantitative estimate of drug-likeness (QED) is 0.309. The highest BCUT2D eigenvalue weighted by molar-refractivity contribution is 6.02. The van der Waals surface area contributed by atoms with Crippen molar-refractivity contribution in [2.24, 2.45) is 0 Å². The molecular weight excluding hydrogens is 420 g/mol. The van der Waals surface area contributed by atoms with Crippen molar-refractivity contribution in [3.63, 3.8) is 0 Å². The van der Waals surface area contributed by atoms with Crippen molar-refractivity contribution in [3.8, 4) is 11.5 Å². The van der Waals surface area contributed by atoms with Gasteiger partial charge in [0, 0.05) is 36.4 Å². The van der Waals surface area contributed by atoms with E-state index in [1.165, 1.54) is 19.1 Å².